The molecule has 1 atom stereocenters. The molecule has 0 N–H and O–H groups in total. The van der Waals surface area contributed by atoms with E-state index in [1.807, 2.05) is 22.9 Å². The maximum Gasteiger partial charge on any atom is 0.267 e. The van der Waals surface area contributed by atoms with E-state index in [0.29, 0.717) is 12.5 Å². The molecule has 5 heteroatoms. The average molecular weight is 287 g/mol. The second-order valence-corrected chi connectivity index (χ2v) is 5.59. The molecule has 0 spiro atoms. The zero-order valence-corrected chi connectivity index (χ0v) is 12.3. The zero-order chi connectivity index (χ0) is 14.7. The third-order valence-electron chi connectivity index (χ3n) is 4.34. The van der Waals surface area contributed by atoms with Crippen molar-refractivity contribution in [1.82, 2.24) is 14.3 Å². The zero-order valence-electron chi connectivity index (χ0n) is 12.3. The molecule has 21 heavy (non-hydrogen) atoms. The Morgan fingerprint density at radius 2 is 2.14 bits per heavy atom. The van der Waals surface area contributed by atoms with Gasteiger partial charge in [-0.3, -0.25) is 4.79 Å². The van der Waals surface area contributed by atoms with E-state index in [0.717, 1.165) is 5.82 Å². The molecule has 5 nitrogen and oxygen atoms in total. The minimum Gasteiger partial charge on any atom is -0.379 e. The Bertz CT molecular complexity index is 626. The average Bonchev–Trinajstić information content (AvgIpc) is 3.16. The molecule has 2 aromatic rings. The number of pyridine rings is 1. The van der Waals surface area contributed by atoms with Crippen LogP contribution in [0.2, 0.25) is 0 Å². The monoisotopic (exact) mass is 287 g/mol. The smallest absolute Gasteiger partial charge is 0.267 e. The highest BCUT2D eigenvalue weighted by molar-refractivity contribution is 5.20. The van der Waals surface area contributed by atoms with Crippen LogP contribution in [0, 0.1) is 5.92 Å². The Morgan fingerprint density at radius 3 is 2.81 bits per heavy atom. The van der Waals surface area contributed by atoms with Crippen LogP contribution in [0.4, 0.5) is 0 Å². The van der Waals surface area contributed by atoms with Gasteiger partial charge in [-0.1, -0.05) is 18.9 Å². The SMILES string of the molecule is CO[C@@H](Cn1c(=O)ccn1-c1ccccn1)C1CCCC1. The Balaban J connectivity index is 1.88. The number of hydrogen-bond donors (Lipinski definition) is 0. The van der Waals surface area contributed by atoms with Gasteiger partial charge in [-0.15, -0.1) is 0 Å². The summed E-state index contributed by atoms with van der Waals surface area (Å²) in [6.07, 6.45) is 8.50. The topological polar surface area (TPSA) is 49.0 Å². The fourth-order valence-corrected chi connectivity index (χ4v) is 3.19. The van der Waals surface area contributed by atoms with Crippen LogP contribution in [0.5, 0.6) is 0 Å². The number of hydrogen-bond acceptors (Lipinski definition) is 3. The lowest BCUT2D eigenvalue weighted by Gasteiger charge is -2.23. The van der Waals surface area contributed by atoms with Gasteiger partial charge in [0, 0.05) is 25.6 Å². The molecular formula is C16H21N3O2. The highest BCUT2D eigenvalue weighted by atomic mass is 16.5. The Morgan fingerprint density at radius 1 is 1.33 bits per heavy atom. The summed E-state index contributed by atoms with van der Waals surface area (Å²) in [6.45, 7) is 0.573. The van der Waals surface area contributed by atoms with E-state index in [9.17, 15) is 4.79 Å². The maximum atomic E-state index is 12.1. The number of rotatable bonds is 5. The molecule has 2 heterocycles. The van der Waals surface area contributed by atoms with Gasteiger partial charge in [-0.25, -0.2) is 14.3 Å². The van der Waals surface area contributed by atoms with Crippen molar-refractivity contribution < 1.29 is 4.74 Å². The third kappa shape index (κ3) is 2.93. The molecule has 1 aliphatic carbocycles. The molecule has 0 saturated heterocycles. The van der Waals surface area contributed by atoms with Gasteiger partial charge in [-0.05, 0) is 30.9 Å². The van der Waals surface area contributed by atoms with Gasteiger partial charge in [0.1, 0.15) is 0 Å². The van der Waals surface area contributed by atoms with Crippen LogP contribution >= 0.6 is 0 Å². The van der Waals surface area contributed by atoms with Crippen molar-refractivity contribution in [1.29, 1.82) is 0 Å². The summed E-state index contributed by atoms with van der Waals surface area (Å²) in [6, 6.07) is 7.26. The number of methoxy groups -OCH3 is 1. The van der Waals surface area contributed by atoms with Crippen molar-refractivity contribution in [2.75, 3.05) is 7.11 Å². The second kappa shape index (κ2) is 6.26. The molecule has 1 saturated carbocycles. The van der Waals surface area contributed by atoms with Crippen LogP contribution in [0.25, 0.3) is 5.82 Å². The molecule has 0 aliphatic heterocycles. The van der Waals surface area contributed by atoms with Gasteiger partial charge >= 0.3 is 0 Å². The van der Waals surface area contributed by atoms with Gasteiger partial charge in [0.2, 0.25) is 0 Å². The fraction of sp³-hybridized carbons (Fsp3) is 0.500. The van der Waals surface area contributed by atoms with Crippen LogP contribution < -0.4 is 5.56 Å². The molecule has 0 unspecified atom stereocenters. The number of nitrogens with zero attached hydrogens (tertiary/aromatic N) is 3. The molecule has 1 aliphatic rings. The standard InChI is InChI=1S/C16H21N3O2/c1-21-14(13-6-2-3-7-13)12-19-16(20)9-11-18(19)15-8-4-5-10-17-15/h4-5,8-11,13-14H,2-3,6-7,12H2,1H3/t14-/m0/s1. The van der Waals surface area contributed by atoms with Gasteiger partial charge in [-0.2, -0.15) is 0 Å². The quantitative estimate of drug-likeness (QED) is 0.847. The minimum atomic E-state index is -0.0132. The summed E-state index contributed by atoms with van der Waals surface area (Å²) in [5.41, 5.74) is -0.0132. The van der Waals surface area contributed by atoms with Crippen LogP contribution in [-0.4, -0.2) is 27.6 Å². The van der Waals surface area contributed by atoms with Crippen molar-refractivity contribution >= 4 is 0 Å². The molecule has 0 bridgehead atoms. The molecule has 112 valence electrons. The van der Waals surface area contributed by atoms with E-state index < -0.39 is 0 Å². The molecule has 0 amide bonds. The van der Waals surface area contributed by atoms with Crippen LogP contribution in [0.15, 0.2) is 41.5 Å². The van der Waals surface area contributed by atoms with E-state index in [1.54, 1.807) is 30.3 Å². The first-order chi connectivity index (χ1) is 10.3. The van der Waals surface area contributed by atoms with Crippen LogP contribution in [0.3, 0.4) is 0 Å². The molecular weight excluding hydrogens is 266 g/mol. The first-order valence-electron chi connectivity index (χ1n) is 7.52. The predicted octanol–water partition coefficient (Wildman–Crippen LogP) is 2.24. The van der Waals surface area contributed by atoms with E-state index >= 15 is 0 Å². The van der Waals surface area contributed by atoms with Crippen molar-refractivity contribution in [2.24, 2.45) is 5.92 Å². The van der Waals surface area contributed by atoms with Crippen molar-refractivity contribution in [3.8, 4) is 5.82 Å². The Kier molecular flexibility index (Phi) is 4.20. The van der Waals surface area contributed by atoms with E-state index in [4.69, 9.17) is 4.74 Å². The van der Waals surface area contributed by atoms with Crippen molar-refractivity contribution in [2.45, 2.75) is 38.3 Å². The van der Waals surface area contributed by atoms with E-state index in [1.165, 1.54) is 25.7 Å². The summed E-state index contributed by atoms with van der Waals surface area (Å²) in [7, 11) is 1.74. The van der Waals surface area contributed by atoms with Gasteiger partial charge in [0.25, 0.3) is 5.56 Å². The van der Waals surface area contributed by atoms with Crippen molar-refractivity contribution in [3.05, 3.63) is 47.0 Å². The number of ether oxygens (including phenoxy) is 1. The summed E-state index contributed by atoms with van der Waals surface area (Å²) in [4.78, 5) is 16.5. The van der Waals surface area contributed by atoms with Crippen LogP contribution in [-0.2, 0) is 11.3 Å². The van der Waals surface area contributed by atoms with E-state index in [-0.39, 0.29) is 11.7 Å². The highest BCUT2D eigenvalue weighted by Crippen LogP contribution is 2.29. The normalized spacial score (nSPS) is 17.2. The van der Waals surface area contributed by atoms with E-state index in [2.05, 4.69) is 4.98 Å². The lowest BCUT2D eigenvalue weighted by molar-refractivity contribution is 0.0357. The molecule has 3 rings (SSSR count). The molecule has 0 aromatic carbocycles. The van der Waals surface area contributed by atoms with Gasteiger partial charge in [0.05, 0.1) is 12.6 Å². The lowest BCUT2D eigenvalue weighted by Crippen LogP contribution is -2.33. The third-order valence-corrected chi connectivity index (χ3v) is 4.34. The predicted molar refractivity (Wildman–Crippen MR) is 80.6 cm³/mol. The molecule has 1 fully saturated rings. The minimum absolute atomic E-state index is 0.0132. The summed E-state index contributed by atoms with van der Waals surface area (Å²) < 4.78 is 9.19. The van der Waals surface area contributed by atoms with Gasteiger partial charge in [0.15, 0.2) is 5.82 Å². The van der Waals surface area contributed by atoms with Crippen LogP contribution in [0.1, 0.15) is 25.7 Å². The Labute approximate surface area is 124 Å². The maximum absolute atomic E-state index is 12.1. The Hall–Kier alpha value is -1.88. The highest BCUT2D eigenvalue weighted by Gasteiger charge is 2.26. The number of aromatic nitrogens is 3. The first kappa shape index (κ1) is 14.1. The molecule has 2 aromatic heterocycles. The molecule has 0 radical (unpaired) electrons. The van der Waals surface area contributed by atoms with Gasteiger partial charge < -0.3 is 4.74 Å². The lowest BCUT2D eigenvalue weighted by atomic mass is 10.0. The van der Waals surface area contributed by atoms with Crippen molar-refractivity contribution in [3.63, 3.8) is 0 Å². The first-order valence-corrected chi connectivity index (χ1v) is 7.52. The summed E-state index contributed by atoms with van der Waals surface area (Å²) >= 11 is 0. The largest absolute Gasteiger partial charge is 0.379 e. The fourth-order valence-electron chi connectivity index (χ4n) is 3.19. The second-order valence-electron chi connectivity index (χ2n) is 5.59. The summed E-state index contributed by atoms with van der Waals surface area (Å²) in [5, 5.41) is 0. The summed E-state index contributed by atoms with van der Waals surface area (Å²) in [5.74, 6) is 1.30.